The van der Waals surface area contributed by atoms with Crippen molar-refractivity contribution in [2.24, 2.45) is 0 Å². The molecule has 0 saturated carbocycles. The van der Waals surface area contributed by atoms with E-state index in [0.717, 1.165) is 16.8 Å². The van der Waals surface area contributed by atoms with Gasteiger partial charge in [0.2, 0.25) is 0 Å². The van der Waals surface area contributed by atoms with E-state index in [1.54, 1.807) is 18.2 Å². The lowest BCUT2D eigenvalue weighted by Crippen LogP contribution is -1.82. The Labute approximate surface area is 124 Å². The van der Waals surface area contributed by atoms with E-state index >= 15 is 0 Å². The van der Waals surface area contributed by atoms with E-state index in [4.69, 9.17) is 11.0 Å². The van der Waals surface area contributed by atoms with Crippen LogP contribution >= 0.6 is 0 Å². The maximum Gasteiger partial charge on any atom is 0.100 e. The summed E-state index contributed by atoms with van der Waals surface area (Å²) in [7, 11) is 0. The van der Waals surface area contributed by atoms with Crippen molar-refractivity contribution in [3.05, 3.63) is 77.4 Å². The van der Waals surface area contributed by atoms with Gasteiger partial charge in [-0.05, 0) is 48.6 Å². The SMILES string of the molecule is N#Cc1ccccc1C#C/C=C/C#Cc1ccc(N)cc1. The summed E-state index contributed by atoms with van der Waals surface area (Å²) in [5.74, 6) is 11.7. The third kappa shape index (κ3) is 4.32. The highest BCUT2D eigenvalue weighted by Crippen LogP contribution is 2.05. The van der Waals surface area contributed by atoms with Gasteiger partial charge in [0.25, 0.3) is 0 Å². The Balaban J connectivity index is 2.03. The number of rotatable bonds is 0. The van der Waals surface area contributed by atoms with E-state index in [1.807, 2.05) is 42.5 Å². The van der Waals surface area contributed by atoms with Crippen molar-refractivity contribution in [3.63, 3.8) is 0 Å². The standard InChI is InChI=1S/C19H12N2/c20-15-18-10-6-5-9-17(18)8-4-2-1-3-7-16-11-13-19(21)14-12-16/h1-2,5-6,9-14H,21H2/b2-1+. The van der Waals surface area contributed by atoms with Crippen molar-refractivity contribution in [2.75, 3.05) is 5.73 Å². The second-order valence-corrected chi connectivity index (χ2v) is 4.15. The third-order valence-corrected chi connectivity index (χ3v) is 2.63. The molecule has 0 aliphatic carbocycles. The molecule has 98 valence electrons. The topological polar surface area (TPSA) is 49.8 Å². The molecule has 2 N–H and O–H groups in total. The molecule has 0 radical (unpaired) electrons. The highest BCUT2D eigenvalue weighted by Gasteiger charge is 1.94. The van der Waals surface area contributed by atoms with Gasteiger partial charge >= 0.3 is 0 Å². The maximum atomic E-state index is 8.94. The average Bonchev–Trinajstić information content (AvgIpc) is 2.53. The van der Waals surface area contributed by atoms with E-state index in [0.29, 0.717) is 5.56 Å². The number of nitrogens with zero attached hydrogens (tertiary/aromatic N) is 1. The summed E-state index contributed by atoms with van der Waals surface area (Å²) in [5.41, 5.74) is 8.51. The quantitative estimate of drug-likeness (QED) is 0.589. The van der Waals surface area contributed by atoms with Crippen LogP contribution in [0, 0.1) is 35.0 Å². The molecule has 2 aromatic carbocycles. The second kappa shape index (κ2) is 7.25. The van der Waals surface area contributed by atoms with Gasteiger partial charge in [0.1, 0.15) is 6.07 Å². The molecule has 2 aromatic rings. The summed E-state index contributed by atoms with van der Waals surface area (Å²) in [6, 6.07) is 16.7. The zero-order valence-corrected chi connectivity index (χ0v) is 11.3. The third-order valence-electron chi connectivity index (χ3n) is 2.63. The largest absolute Gasteiger partial charge is 0.399 e. The van der Waals surface area contributed by atoms with Gasteiger partial charge in [-0.3, -0.25) is 0 Å². The number of hydrogen-bond acceptors (Lipinski definition) is 2. The molecule has 21 heavy (non-hydrogen) atoms. The number of hydrogen-bond donors (Lipinski definition) is 1. The van der Waals surface area contributed by atoms with Gasteiger partial charge in [-0.2, -0.15) is 5.26 Å². The van der Waals surface area contributed by atoms with Crippen LogP contribution in [0.3, 0.4) is 0 Å². The lowest BCUT2D eigenvalue weighted by molar-refractivity contribution is 1.47. The van der Waals surface area contributed by atoms with Crippen LogP contribution in [0.15, 0.2) is 60.7 Å². The summed E-state index contributed by atoms with van der Waals surface area (Å²) in [6.45, 7) is 0. The van der Waals surface area contributed by atoms with Crippen LogP contribution in [0.5, 0.6) is 0 Å². The van der Waals surface area contributed by atoms with Crippen LogP contribution in [-0.4, -0.2) is 0 Å². The normalized spacial score (nSPS) is 9.10. The lowest BCUT2D eigenvalue weighted by Gasteiger charge is -1.91. The number of nitriles is 1. The van der Waals surface area contributed by atoms with Crippen LogP contribution in [0.1, 0.15) is 16.7 Å². The number of nitrogens with two attached hydrogens (primary N) is 1. The molecule has 2 heteroatoms. The zero-order chi connectivity index (χ0) is 14.9. The Morgan fingerprint density at radius 2 is 1.43 bits per heavy atom. The molecule has 0 aromatic heterocycles. The number of allylic oxidation sites excluding steroid dienone is 2. The van der Waals surface area contributed by atoms with Crippen LogP contribution in [0.4, 0.5) is 5.69 Å². The molecule has 0 fully saturated rings. The fraction of sp³-hybridized carbons (Fsp3) is 0. The highest BCUT2D eigenvalue weighted by molar-refractivity contribution is 5.49. The summed E-state index contributed by atoms with van der Waals surface area (Å²) >= 11 is 0. The first-order chi connectivity index (χ1) is 10.3. The van der Waals surface area contributed by atoms with Crippen molar-refractivity contribution >= 4 is 5.69 Å². The van der Waals surface area contributed by atoms with Crippen molar-refractivity contribution in [1.82, 2.24) is 0 Å². The molecule has 0 unspecified atom stereocenters. The molecule has 0 atom stereocenters. The monoisotopic (exact) mass is 268 g/mol. The summed E-state index contributed by atoms with van der Waals surface area (Å²) in [6.07, 6.45) is 3.34. The van der Waals surface area contributed by atoms with Gasteiger partial charge < -0.3 is 5.73 Å². The number of anilines is 1. The van der Waals surface area contributed by atoms with E-state index in [2.05, 4.69) is 29.8 Å². The van der Waals surface area contributed by atoms with E-state index in [1.165, 1.54) is 0 Å². The minimum absolute atomic E-state index is 0.575. The predicted octanol–water partition coefficient (Wildman–Crippen LogP) is 3.10. The summed E-state index contributed by atoms with van der Waals surface area (Å²) < 4.78 is 0. The molecule has 0 spiro atoms. The molecule has 0 amide bonds. The molecule has 0 saturated heterocycles. The first-order valence-corrected chi connectivity index (χ1v) is 6.32. The van der Waals surface area contributed by atoms with Crippen LogP contribution in [-0.2, 0) is 0 Å². The van der Waals surface area contributed by atoms with Crippen molar-refractivity contribution in [2.45, 2.75) is 0 Å². The van der Waals surface area contributed by atoms with Gasteiger partial charge in [-0.1, -0.05) is 35.8 Å². The zero-order valence-electron chi connectivity index (χ0n) is 11.3. The summed E-state index contributed by atoms with van der Waals surface area (Å²) in [4.78, 5) is 0. The first kappa shape index (κ1) is 14.0. The van der Waals surface area contributed by atoms with Gasteiger partial charge in [0.05, 0.1) is 5.56 Å². The van der Waals surface area contributed by atoms with Crippen molar-refractivity contribution in [1.29, 1.82) is 5.26 Å². The van der Waals surface area contributed by atoms with Gasteiger partial charge in [-0.15, -0.1) is 0 Å². The predicted molar refractivity (Wildman–Crippen MR) is 84.9 cm³/mol. The van der Waals surface area contributed by atoms with Crippen LogP contribution in [0.25, 0.3) is 0 Å². The second-order valence-electron chi connectivity index (χ2n) is 4.15. The number of nitrogen functional groups attached to an aromatic ring is 1. The Morgan fingerprint density at radius 1 is 0.810 bits per heavy atom. The van der Waals surface area contributed by atoms with Gasteiger partial charge in [0, 0.05) is 16.8 Å². The molecule has 2 rings (SSSR count). The van der Waals surface area contributed by atoms with Gasteiger partial charge in [-0.25, -0.2) is 0 Å². The van der Waals surface area contributed by atoms with Crippen molar-refractivity contribution in [3.8, 4) is 29.8 Å². The van der Waals surface area contributed by atoms with E-state index < -0.39 is 0 Å². The molecular weight excluding hydrogens is 256 g/mol. The number of benzene rings is 2. The molecule has 0 aliphatic rings. The van der Waals surface area contributed by atoms with Crippen LogP contribution < -0.4 is 5.73 Å². The van der Waals surface area contributed by atoms with Gasteiger partial charge in [0.15, 0.2) is 0 Å². The Bertz CT molecular complexity index is 814. The molecular formula is C19H12N2. The Hall–Kier alpha value is -3.41. The highest BCUT2D eigenvalue weighted by atomic mass is 14.5. The fourth-order valence-electron chi connectivity index (χ4n) is 1.58. The maximum absolute atomic E-state index is 8.94. The van der Waals surface area contributed by atoms with Crippen LogP contribution in [0.2, 0.25) is 0 Å². The smallest absolute Gasteiger partial charge is 0.100 e. The van der Waals surface area contributed by atoms with E-state index in [9.17, 15) is 0 Å². The molecule has 0 aliphatic heterocycles. The average molecular weight is 268 g/mol. The summed E-state index contributed by atoms with van der Waals surface area (Å²) in [5, 5.41) is 8.94. The Morgan fingerprint density at radius 3 is 2.10 bits per heavy atom. The molecule has 2 nitrogen and oxygen atoms in total. The molecule has 0 heterocycles. The fourth-order valence-corrected chi connectivity index (χ4v) is 1.58. The first-order valence-electron chi connectivity index (χ1n) is 6.32. The minimum atomic E-state index is 0.575. The lowest BCUT2D eigenvalue weighted by atomic mass is 10.1. The molecule has 0 bridgehead atoms. The van der Waals surface area contributed by atoms with Crippen molar-refractivity contribution < 1.29 is 0 Å². The Kier molecular flexibility index (Phi) is 4.83. The van der Waals surface area contributed by atoms with E-state index in [-0.39, 0.29) is 0 Å². The minimum Gasteiger partial charge on any atom is -0.399 e.